The van der Waals surface area contributed by atoms with Crippen molar-refractivity contribution in [1.82, 2.24) is 64.5 Å². The fraction of sp³-hybridized carbons (Fsp3) is 0.727. The van der Waals surface area contributed by atoms with Crippen LogP contribution in [0, 0.1) is 11.8 Å². The number of hydrogen-bond acceptors (Lipinski definition) is 24. The molecular weight excluding hydrogens is 1160 g/mol. The number of carbonyl (C=O) groups is 12. The predicted octanol–water partition coefficient (Wildman–Crippen LogP) is -2.75. The van der Waals surface area contributed by atoms with Crippen LogP contribution in [-0.2, 0) is 57.5 Å². The standard InChI is InChI=1S/C16H32N6O4S2.2C14H28N6O4S2/c17-21-15(25)7-3-1-5-13(23)19-9-11-27-28-12-10-20-14(24)6-2-4-8-16(26)22-18;1-9(13(23)19-15)7-11(21)17-3-5-25-26-6-4-18-12(22)8-10(2)14(24)20-16;15-19-13(23)5-1-3-11(21)17-7-9-25-26-10-8-18-12(22)4-2-6-14(24)20-16/h1-12,17-18H2,(H,19,23)(H,20,24)(H,21,25)(H,22,26);9-10H,3-8,15-16H2,1-2H3,(H,17,21)(H,18,22)(H,19,23)(H,20,24);1-10,15-16H2,(H,17,21)(H,18,22)(H,19,23)(H,20,24). The van der Waals surface area contributed by atoms with Gasteiger partial charge in [-0.25, -0.2) is 35.1 Å². The maximum Gasteiger partial charge on any atom is 0.237 e. The Kier molecular flexibility index (Phi) is 57.5. The summed E-state index contributed by atoms with van der Waals surface area (Å²) in [5, 5.41) is 16.7. The highest BCUT2D eigenvalue weighted by atomic mass is 33.1. The second-order valence-corrected chi connectivity index (χ2v) is 24.8. The molecule has 2 atom stereocenters. The maximum absolute atomic E-state index is 11.6. The number of unbranched alkanes of at least 4 members (excludes halogenated alkanes) is 2. The normalized spacial score (nSPS) is 10.9. The van der Waals surface area contributed by atoms with E-state index >= 15 is 0 Å². The third-order valence-corrected chi connectivity index (χ3v) is 17.1. The molecule has 0 radical (unpaired) electrons. The van der Waals surface area contributed by atoms with Crippen molar-refractivity contribution < 1.29 is 57.5 Å². The summed E-state index contributed by atoms with van der Waals surface area (Å²) in [5.74, 6) is 31.0. The first-order chi connectivity index (χ1) is 38.3. The summed E-state index contributed by atoms with van der Waals surface area (Å²) in [5.41, 5.74) is 12.2. The van der Waals surface area contributed by atoms with E-state index in [0.717, 1.165) is 23.0 Å². The van der Waals surface area contributed by atoms with Gasteiger partial charge in [-0.2, -0.15) is 0 Å². The van der Waals surface area contributed by atoms with Crippen LogP contribution in [0.1, 0.15) is 117 Å². The van der Waals surface area contributed by atoms with Gasteiger partial charge in [0.1, 0.15) is 0 Å². The lowest BCUT2D eigenvalue weighted by Crippen LogP contribution is -2.37. The molecule has 0 bridgehead atoms. The fourth-order valence-corrected chi connectivity index (χ4v) is 11.0. The molecule has 24 N–H and O–H groups in total. The molecule has 0 aliphatic carbocycles. The Hall–Kier alpha value is -4.50. The van der Waals surface area contributed by atoms with Crippen LogP contribution in [0.3, 0.4) is 0 Å². The van der Waals surface area contributed by atoms with E-state index in [-0.39, 0.29) is 96.6 Å². The number of rotatable bonds is 45. The third-order valence-electron chi connectivity index (χ3n) is 9.83. The van der Waals surface area contributed by atoms with Gasteiger partial charge in [-0.05, 0) is 38.5 Å². The molecule has 0 aliphatic rings. The minimum atomic E-state index is -0.468. The zero-order valence-corrected chi connectivity index (χ0v) is 50.7. The Labute approximate surface area is 492 Å². The summed E-state index contributed by atoms with van der Waals surface area (Å²) in [6, 6.07) is 0. The zero-order valence-electron chi connectivity index (χ0n) is 45.8. The first-order valence-corrected chi connectivity index (χ1v) is 33.1. The highest BCUT2D eigenvalue weighted by Crippen LogP contribution is 2.21. The molecule has 0 aromatic rings. The molecule has 12 amide bonds. The summed E-state index contributed by atoms with van der Waals surface area (Å²) in [7, 11) is 9.63. The summed E-state index contributed by atoms with van der Waals surface area (Å²) in [6.45, 7) is 6.51. The van der Waals surface area contributed by atoms with Crippen LogP contribution in [0.5, 0.6) is 0 Å². The molecule has 462 valence electrons. The average Bonchev–Trinajstić information content (AvgIpc) is 3.44. The second-order valence-electron chi connectivity index (χ2n) is 16.7. The number of nitrogens with two attached hydrogens (primary N) is 6. The van der Waals surface area contributed by atoms with Gasteiger partial charge in [-0.1, -0.05) is 78.6 Å². The first kappa shape index (κ1) is 79.7. The Morgan fingerprint density at radius 3 is 0.675 bits per heavy atom. The van der Waals surface area contributed by atoms with E-state index in [2.05, 4.69) is 42.8 Å². The smallest absolute Gasteiger partial charge is 0.237 e. The van der Waals surface area contributed by atoms with Crippen molar-refractivity contribution in [2.45, 2.75) is 117 Å². The third kappa shape index (κ3) is 56.8. The molecule has 0 heterocycles. The first-order valence-electron chi connectivity index (χ1n) is 25.6. The topological polar surface area (TPSA) is 505 Å². The van der Waals surface area contributed by atoms with Crippen LogP contribution in [0.15, 0.2) is 0 Å². The molecule has 0 spiro atoms. The van der Waals surface area contributed by atoms with Crippen LogP contribution in [0.4, 0.5) is 0 Å². The lowest BCUT2D eigenvalue weighted by Gasteiger charge is -2.10. The maximum atomic E-state index is 11.6. The van der Waals surface area contributed by atoms with Crippen LogP contribution >= 0.6 is 64.8 Å². The summed E-state index contributed by atoms with van der Waals surface area (Å²) >= 11 is 0. The van der Waals surface area contributed by atoms with Crippen LogP contribution in [-0.4, -0.2) is 145 Å². The van der Waals surface area contributed by atoms with Crippen molar-refractivity contribution in [2.75, 3.05) is 73.8 Å². The van der Waals surface area contributed by atoms with Crippen LogP contribution < -0.4 is 99.5 Å². The monoisotopic (exact) mass is 1250 g/mol. The summed E-state index contributed by atoms with van der Waals surface area (Å²) in [4.78, 5) is 135. The molecule has 0 aliphatic heterocycles. The predicted molar refractivity (Wildman–Crippen MR) is 319 cm³/mol. The van der Waals surface area contributed by atoms with Gasteiger partial charge in [0.2, 0.25) is 70.9 Å². The van der Waals surface area contributed by atoms with E-state index in [9.17, 15) is 57.5 Å². The zero-order chi connectivity index (χ0) is 60.6. The van der Waals surface area contributed by atoms with E-state index < -0.39 is 11.8 Å². The molecule has 36 heteroatoms. The van der Waals surface area contributed by atoms with E-state index in [0.29, 0.717) is 128 Å². The molecular formula is C44H88N18O12S6. The van der Waals surface area contributed by atoms with Crippen molar-refractivity contribution in [2.24, 2.45) is 46.9 Å². The van der Waals surface area contributed by atoms with Crippen molar-refractivity contribution in [3.63, 3.8) is 0 Å². The summed E-state index contributed by atoms with van der Waals surface area (Å²) in [6.07, 6.45) is 6.22. The molecule has 30 nitrogen and oxygen atoms in total. The molecule has 80 heavy (non-hydrogen) atoms. The van der Waals surface area contributed by atoms with E-state index in [4.69, 9.17) is 35.1 Å². The largest absolute Gasteiger partial charge is 0.355 e. The molecule has 2 unspecified atom stereocenters. The van der Waals surface area contributed by atoms with Gasteiger partial charge in [0, 0.05) is 150 Å². The minimum absolute atomic E-state index is 0.0186. The Morgan fingerprint density at radius 2 is 0.463 bits per heavy atom. The van der Waals surface area contributed by atoms with E-state index in [1.165, 1.54) is 0 Å². The SMILES string of the molecule is CC(CC(=O)NCCSSCCNC(=O)CC(C)C(=O)NN)C(=O)NN.NNC(=O)CCCC(=O)NCCSSCCNC(=O)CCCC(=O)NN.NNC(=O)CCCCC(=O)NCCSSCCNC(=O)CCCCC(=O)NN. The highest BCUT2D eigenvalue weighted by molar-refractivity contribution is 8.77. The average molecular weight is 1250 g/mol. The lowest BCUT2D eigenvalue weighted by molar-refractivity contribution is -0.129. The van der Waals surface area contributed by atoms with Gasteiger partial charge in [0.05, 0.1) is 0 Å². The van der Waals surface area contributed by atoms with Crippen molar-refractivity contribution >= 4 is 136 Å². The van der Waals surface area contributed by atoms with Gasteiger partial charge in [0.15, 0.2) is 0 Å². The molecule has 0 fully saturated rings. The number of amides is 12. The van der Waals surface area contributed by atoms with Gasteiger partial charge < -0.3 is 31.9 Å². The number of nitrogens with one attached hydrogen (secondary N) is 12. The highest BCUT2D eigenvalue weighted by Gasteiger charge is 2.17. The van der Waals surface area contributed by atoms with Crippen molar-refractivity contribution in [3.05, 3.63) is 0 Å². The van der Waals surface area contributed by atoms with E-state index in [1.54, 1.807) is 78.6 Å². The summed E-state index contributed by atoms with van der Waals surface area (Å²) < 4.78 is 0. The van der Waals surface area contributed by atoms with Crippen molar-refractivity contribution in [1.29, 1.82) is 0 Å². The van der Waals surface area contributed by atoms with Crippen LogP contribution in [0.25, 0.3) is 0 Å². The fourth-order valence-electron chi connectivity index (χ4n) is 5.52. The van der Waals surface area contributed by atoms with Crippen LogP contribution in [0.2, 0.25) is 0 Å². The molecule has 0 saturated carbocycles. The molecule has 0 rings (SSSR count). The minimum Gasteiger partial charge on any atom is -0.355 e. The Bertz CT molecular complexity index is 1680. The number of hydrazine groups is 6. The van der Waals surface area contributed by atoms with Gasteiger partial charge in [0.25, 0.3) is 0 Å². The van der Waals surface area contributed by atoms with Crippen molar-refractivity contribution in [3.8, 4) is 0 Å². The molecule has 0 aromatic heterocycles. The lowest BCUT2D eigenvalue weighted by atomic mass is 10.1. The number of carbonyl (C=O) groups excluding carboxylic acids is 12. The number of hydrogen-bond donors (Lipinski definition) is 18. The molecule has 0 saturated heterocycles. The molecule has 0 aromatic carbocycles. The van der Waals surface area contributed by atoms with Gasteiger partial charge in [-0.3, -0.25) is 90.1 Å². The Morgan fingerprint density at radius 1 is 0.275 bits per heavy atom. The van der Waals surface area contributed by atoms with Gasteiger partial charge in [-0.15, -0.1) is 0 Å². The Balaban J connectivity index is -0.00000111. The van der Waals surface area contributed by atoms with E-state index in [1.807, 2.05) is 21.7 Å². The second kappa shape index (κ2) is 57.7. The van der Waals surface area contributed by atoms with Gasteiger partial charge >= 0.3 is 0 Å². The quantitative estimate of drug-likeness (QED) is 0.00966.